The fourth-order valence-corrected chi connectivity index (χ4v) is 3.30. The van der Waals surface area contributed by atoms with E-state index >= 15 is 0 Å². The van der Waals surface area contributed by atoms with Gasteiger partial charge in [-0.3, -0.25) is 4.90 Å². The minimum atomic E-state index is -0.459. The Balaban J connectivity index is 2.18. The number of hydrogen-bond donors (Lipinski definition) is 0. The number of alkyl halides is 1. The van der Waals surface area contributed by atoms with Crippen molar-refractivity contribution in [2.75, 3.05) is 31.1 Å². The van der Waals surface area contributed by atoms with E-state index in [0.29, 0.717) is 30.0 Å². The van der Waals surface area contributed by atoms with Crippen molar-refractivity contribution in [2.24, 2.45) is 0 Å². The van der Waals surface area contributed by atoms with Crippen molar-refractivity contribution < 1.29 is 8.78 Å². The Morgan fingerprint density at radius 2 is 1.85 bits per heavy atom. The van der Waals surface area contributed by atoms with Gasteiger partial charge in [-0.2, -0.15) is 0 Å². The van der Waals surface area contributed by atoms with Crippen LogP contribution in [0.1, 0.15) is 25.8 Å². The zero-order chi connectivity index (χ0) is 14.7. The molecule has 20 heavy (non-hydrogen) atoms. The van der Waals surface area contributed by atoms with Crippen LogP contribution in [0.3, 0.4) is 0 Å². The van der Waals surface area contributed by atoms with Crippen LogP contribution in [0.25, 0.3) is 0 Å². The van der Waals surface area contributed by atoms with Gasteiger partial charge in [0.2, 0.25) is 0 Å². The van der Waals surface area contributed by atoms with E-state index in [1.807, 2.05) is 4.90 Å². The van der Waals surface area contributed by atoms with Crippen molar-refractivity contribution in [2.45, 2.75) is 31.6 Å². The maximum atomic E-state index is 14.1. The molecule has 0 N–H and O–H groups in total. The first-order chi connectivity index (χ1) is 9.60. The van der Waals surface area contributed by atoms with Gasteiger partial charge in [0.15, 0.2) is 0 Å². The van der Waals surface area contributed by atoms with Crippen LogP contribution in [0.4, 0.5) is 14.5 Å². The molecule has 1 saturated heterocycles. The van der Waals surface area contributed by atoms with Gasteiger partial charge in [0.25, 0.3) is 0 Å². The van der Waals surface area contributed by atoms with Crippen LogP contribution in [0, 0.1) is 11.6 Å². The van der Waals surface area contributed by atoms with E-state index in [1.165, 1.54) is 12.1 Å². The molecule has 1 atom stereocenters. The lowest BCUT2D eigenvalue weighted by molar-refractivity contribution is 0.232. The molecule has 2 nitrogen and oxygen atoms in total. The van der Waals surface area contributed by atoms with E-state index in [2.05, 4.69) is 34.7 Å². The molecule has 5 heteroatoms. The molecule has 2 rings (SSSR count). The van der Waals surface area contributed by atoms with Gasteiger partial charge < -0.3 is 4.90 Å². The summed E-state index contributed by atoms with van der Waals surface area (Å²) in [5, 5.41) is 0.462. The zero-order valence-corrected chi connectivity index (χ0v) is 13.6. The molecule has 0 spiro atoms. The highest BCUT2D eigenvalue weighted by Gasteiger charge is 2.29. The van der Waals surface area contributed by atoms with E-state index in [-0.39, 0.29) is 5.69 Å². The molecule has 1 aliphatic rings. The molecule has 1 aromatic rings. The number of halogens is 3. The van der Waals surface area contributed by atoms with Gasteiger partial charge in [0, 0.05) is 24.5 Å². The summed E-state index contributed by atoms with van der Waals surface area (Å²) in [6.45, 7) is 7.60. The van der Waals surface area contributed by atoms with Crippen molar-refractivity contribution >= 4 is 21.6 Å². The fraction of sp³-hybridized carbons (Fsp3) is 0.600. The molecule has 1 aliphatic heterocycles. The van der Waals surface area contributed by atoms with Gasteiger partial charge >= 0.3 is 0 Å². The van der Waals surface area contributed by atoms with Crippen LogP contribution in [0.5, 0.6) is 0 Å². The summed E-state index contributed by atoms with van der Waals surface area (Å²) in [5.41, 5.74) is 0.757. The minimum absolute atomic E-state index is 0.129. The molecule has 0 bridgehead atoms. The summed E-state index contributed by atoms with van der Waals surface area (Å²) >= 11 is 3.23. The number of anilines is 1. The van der Waals surface area contributed by atoms with E-state index in [1.54, 1.807) is 0 Å². The highest BCUT2D eigenvalue weighted by Crippen LogP contribution is 2.30. The molecule has 112 valence electrons. The van der Waals surface area contributed by atoms with Crippen molar-refractivity contribution in [3.63, 3.8) is 0 Å². The monoisotopic (exact) mass is 346 g/mol. The molecule has 1 aromatic carbocycles. The van der Waals surface area contributed by atoms with Crippen LogP contribution in [-0.2, 0) is 5.33 Å². The zero-order valence-electron chi connectivity index (χ0n) is 12.0. The Labute approximate surface area is 127 Å². The second-order valence-corrected chi connectivity index (χ2v) is 5.71. The van der Waals surface area contributed by atoms with Gasteiger partial charge in [-0.15, -0.1) is 0 Å². The first-order valence-electron chi connectivity index (χ1n) is 7.13. The summed E-state index contributed by atoms with van der Waals surface area (Å²) in [4.78, 5) is 4.19. The first-order valence-corrected chi connectivity index (χ1v) is 8.25. The van der Waals surface area contributed by atoms with Gasteiger partial charge in [-0.1, -0.05) is 29.8 Å². The predicted molar refractivity (Wildman–Crippen MR) is 82.5 cm³/mol. The predicted octanol–water partition coefficient (Wildman–Crippen LogP) is 3.78. The van der Waals surface area contributed by atoms with Crippen molar-refractivity contribution in [3.8, 4) is 0 Å². The lowest BCUT2D eigenvalue weighted by Crippen LogP contribution is -2.37. The van der Waals surface area contributed by atoms with E-state index in [9.17, 15) is 8.78 Å². The molecule has 1 unspecified atom stereocenters. The fourth-order valence-electron chi connectivity index (χ4n) is 2.98. The standard InChI is InChI=1S/C15H21BrF2N2/c1-3-19(4-2)12-5-6-20(10-12)15-13(17)7-11(9-16)8-14(15)18/h7-8,12H,3-6,9-10H2,1-2H3. The number of likely N-dealkylation sites (N-methyl/N-ethyl adjacent to an activating group) is 1. The second kappa shape index (κ2) is 6.85. The summed E-state index contributed by atoms with van der Waals surface area (Å²) in [5.74, 6) is -0.917. The maximum absolute atomic E-state index is 14.1. The first kappa shape index (κ1) is 15.7. The summed E-state index contributed by atoms with van der Waals surface area (Å²) < 4.78 is 28.3. The Hall–Kier alpha value is -0.680. The molecule has 0 amide bonds. The largest absolute Gasteiger partial charge is 0.365 e. The molecular weight excluding hydrogens is 326 g/mol. The third-order valence-corrected chi connectivity index (χ3v) is 4.69. The topological polar surface area (TPSA) is 6.48 Å². The van der Waals surface area contributed by atoms with Crippen molar-refractivity contribution in [1.82, 2.24) is 4.90 Å². The highest BCUT2D eigenvalue weighted by molar-refractivity contribution is 9.08. The van der Waals surface area contributed by atoms with Gasteiger partial charge in [-0.05, 0) is 37.2 Å². The quantitative estimate of drug-likeness (QED) is 0.748. The van der Waals surface area contributed by atoms with Crippen molar-refractivity contribution in [1.29, 1.82) is 0 Å². The molecule has 0 aliphatic carbocycles. The third kappa shape index (κ3) is 3.14. The normalized spacial score (nSPS) is 19.1. The molecule has 1 heterocycles. The SMILES string of the molecule is CCN(CC)C1CCN(c2c(F)cc(CBr)cc2F)C1. The highest BCUT2D eigenvalue weighted by atomic mass is 79.9. The molecule has 0 saturated carbocycles. The average Bonchev–Trinajstić information content (AvgIpc) is 2.88. The van der Waals surface area contributed by atoms with E-state index in [4.69, 9.17) is 0 Å². The number of hydrogen-bond acceptors (Lipinski definition) is 2. The minimum Gasteiger partial charge on any atom is -0.365 e. The lowest BCUT2D eigenvalue weighted by Gasteiger charge is -2.27. The van der Waals surface area contributed by atoms with Crippen LogP contribution < -0.4 is 4.90 Å². The number of rotatable bonds is 5. The van der Waals surface area contributed by atoms with Crippen LogP contribution in [0.2, 0.25) is 0 Å². The maximum Gasteiger partial charge on any atom is 0.149 e. The third-order valence-electron chi connectivity index (χ3n) is 4.04. The smallest absolute Gasteiger partial charge is 0.149 e. The lowest BCUT2D eigenvalue weighted by atomic mass is 10.2. The van der Waals surface area contributed by atoms with E-state index < -0.39 is 11.6 Å². The molecule has 1 fully saturated rings. The van der Waals surface area contributed by atoms with Crippen molar-refractivity contribution in [3.05, 3.63) is 29.3 Å². The molecule has 0 aromatic heterocycles. The van der Waals surface area contributed by atoms with Gasteiger partial charge in [-0.25, -0.2) is 8.78 Å². The Morgan fingerprint density at radius 1 is 1.25 bits per heavy atom. The van der Waals surface area contributed by atoms with Crippen LogP contribution in [0.15, 0.2) is 12.1 Å². The Bertz CT molecular complexity index is 440. The molecule has 0 radical (unpaired) electrons. The van der Waals surface area contributed by atoms with Crippen LogP contribution in [-0.4, -0.2) is 37.1 Å². The summed E-state index contributed by atoms with van der Waals surface area (Å²) in [6, 6.07) is 3.22. The van der Waals surface area contributed by atoms with Gasteiger partial charge in [0.05, 0.1) is 0 Å². The van der Waals surface area contributed by atoms with Gasteiger partial charge in [0.1, 0.15) is 17.3 Å². The Morgan fingerprint density at radius 3 is 2.35 bits per heavy atom. The van der Waals surface area contributed by atoms with Crippen LogP contribution >= 0.6 is 15.9 Å². The van der Waals surface area contributed by atoms with E-state index in [0.717, 1.165) is 19.5 Å². The molecular formula is C15H21BrF2N2. The number of benzene rings is 1. The summed E-state index contributed by atoms with van der Waals surface area (Å²) in [6.07, 6.45) is 0.959. The average molecular weight is 347 g/mol. The second-order valence-electron chi connectivity index (χ2n) is 5.15. The summed E-state index contributed by atoms with van der Waals surface area (Å²) in [7, 11) is 0. The Kier molecular flexibility index (Phi) is 5.38. The number of nitrogens with zero attached hydrogens (tertiary/aromatic N) is 2.